The molecule has 0 aliphatic carbocycles. The van der Waals surface area contributed by atoms with E-state index in [1.807, 2.05) is 12.3 Å². The quantitative estimate of drug-likeness (QED) is 0.907. The van der Waals surface area contributed by atoms with Crippen LogP contribution in [0.1, 0.15) is 22.3 Å². The third-order valence-electron chi connectivity index (χ3n) is 2.78. The number of thiazole rings is 1. The van der Waals surface area contributed by atoms with Crippen molar-refractivity contribution in [3.8, 4) is 5.75 Å². The molecule has 2 heterocycles. The van der Waals surface area contributed by atoms with Crippen LogP contribution < -0.4 is 0 Å². The molecule has 0 unspecified atom stereocenters. The van der Waals surface area contributed by atoms with Gasteiger partial charge in [0.2, 0.25) is 0 Å². The maximum atomic E-state index is 12.3. The number of carbonyl (C=O) groups is 1. The van der Waals surface area contributed by atoms with E-state index in [-0.39, 0.29) is 17.2 Å². The van der Waals surface area contributed by atoms with Gasteiger partial charge in [0.05, 0.1) is 16.8 Å². The highest BCUT2D eigenvalue weighted by molar-refractivity contribution is 7.09. The second-order valence-electron chi connectivity index (χ2n) is 3.95. The van der Waals surface area contributed by atoms with E-state index in [0.29, 0.717) is 13.1 Å². The number of carbonyl (C=O) groups excluding carboxylic acids is 1. The molecule has 5 nitrogen and oxygen atoms in total. The highest BCUT2D eigenvalue weighted by Crippen LogP contribution is 2.17. The molecule has 0 saturated carbocycles. The van der Waals surface area contributed by atoms with Crippen LogP contribution in [0.25, 0.3) is 0 Å². The zero-order valence-corrected chi connectivity index (χ0v) is 11.4. The largest absolute Gasteiger partial charge is 0.505 e. The summed E-state index contributed by atoms with van der Waals surface area (Å²) in [4.78, 5) is 21.9. The van der Waals surface area contributed by atoms with Gasteiger partial charge in [-0.05, 0) is 13.0 Å². The molecule has 1 amide bonds. The Morgan fingerprint density at radius 1 is 1.47 bits per heavy atom. The first kappa shape index (κ1) is 13.5. The van der Waals surface area contributed by atoms with Crippen molar-refractivity contribution >= 4 is 17.2 Å². The van der Waals surface area contributed by atoms with Crippen LogP contribution in [0.5, 0.6) is 5.75 Å². The van der Waals surface area contributed by atoms with E-state index in [4.69, 9.17) is 0 Å². The zero-order valence-electron chi connectivity index (χ0n) is 10.6. The van der Waals surface area contributed by atoms with Crippen molar-refractivity contribution in [2.24, 2.45) is 0 Å². The van der Waals surface area contributed by atoms with Crippen LogP contribution in [-0.4, -0.2) is 39.0 Å². The molecule has 0 bridgehead atoms. The molecular weight excluding hydrogens is 262 g/mol. The Balaban J connectivity index is 2.05. The van der Waals surface area contributed by atoms with Crippen LogP contribution >= 0.6 is 11.3 Å². The average molecular weight is 277 g/mol. The van der Waals surface area contributed by atoms with Crippen LogP contribution in [0.15, 0.2) is 30.0 Å². The SMILES string of the molecule is CCN(CCc1nccs1)C(=O)c1ccncc1O. The van der Waals surface area contributed by atoms with E-state index in [2.05, 4.69) is 9.97 Å². The van der Waals surface area contributed by atoms with E-state index in [1.54, 1.807) is 22.4 Å². The van der Waals surface area contributed by atoms with Gasteiger partial charge in [-0.1, -0.05) is 0 Å². The van der Waals surface area contributed by atoms with Crippen LogP contribution in [-0.2, 0) is 6.42 Å². The summed E-state index contributed by atoms with van der Waals surface area (Å²) in [7, 11) is 0. The first-order valence-corrected chi connectivity index (χ1v) is 6.91. The van der Waals surface area contributed by atoms with Gasteiger partial charge >= 0.3 is 0 Å². The van der Waals surface area contributed by atoms with Crippen molar-refractivity contribution in [3.63, 3.8) is 0 Å². The molecule has 2 aromatic heterocycles. The van der Waals surface area contributed by atoms with Gasteiger partial charge in [0.1, 0.15) is 5.75 Å². The lowest BCUT2D eigenvalue weighted by atomic mass is 10.2. The third kappa shape index (κ3) is 3.29. The number of likely N-dealkylation sites (N-methyl/N-ethyl adjacent to an activating group) is 1. The van der Waals surface area contributed by atoms with Gasteiger partial charge in [0.15, 0.2) is 0 Å². The fourth-order valence-corrected chi connectivity index (χ4v) is 2.36. The minimum Gasteiger partial charge on any atom is -0.505 e. The lowest BCUT2D eigenvalue weighted by molar-refractivity contribution is 0.0763. The van der Waals surface area contributed by atoms with Gasteiger partial charge < -0.3 is 10.0 Å². The summed E-state index contributed by atoms with van der Waals surface area (Å²) >= 11 is 1.58. The Kier molecular flexibility index (Phi) is 4.46. The predicted octanol–water partition coefficient (Wildman–Crippen LogP) is 1.95. The van der Waals surface area contributed by atoms with E-state index in [0.717, 1.165) is 11.4 Å². The normalized spacial score (nSPS) is 10.4. The summed E-state index contributed by atoms with van der Waals surface area (Å²) in [5, 5.41) is 12.6. The Labute approximate surface area is 115 Å². The van der Waals surface area contributed by atoms with E-state index in [9.17, 15) is 9.90 Å². The molecule has 0 spiro atoms. The van der Waals surface area contributed by atoms with Crippen LogP contribution in [0.2, 0.25) is 0 Å². The number of aromatic hydroxyl groups is 1. The molecule has 6 heteroatoms. The van der Waals surface area contributed by atoms with Gasteiger partial charge in [0.25, 0.3) is 5.91 Å². The first-order chi connectivity index (χ1) is 9.22. The van der Waals surface area contributed by atoms with Crippen molar-refractivity contribution in [2.45, 2.75) is 13.3 Å². The Hall–Kier alpha value is -1.95. The van der Waals surface area contributed by atoms with Crippen molar-refractivity contribution in [3.05, 3.63) is 40.6 Å². The van der Waals surface area contributed by atoms with Crippen LogP contribution in [0, 0.1) is 0 Å². The summed E-state index contributed by atoms with van der Waals surface area (Å²) in [5.41, 5.74) is 0.288. The minimum absolute atomic E-state index is 0.0831. The minimum atomic E-state index is -0.182. The molecule has 0 atom stereocenters. The molecule has 0 radical (unpaired) electrons. The molecule has 2 aromatic rings. The molecule has 0 aromatic carbocycles. The number of nitrogens with zero attached hydrogens (tertiary/aromatic N) is 3. The Morgan fingerprint density at radius 2 is 2.32 bits per heavy atom. The average Bonchev–Trinajstić information content (AvgIpc) is 2.93. The predicted molar refractivity (Wildman–Crippen MR) is 73.3 cm³/mol. The van der Waals surface area contributed by atoms with Crippen molar-refractivity contribution in [1.29, 1.82) is 0 Å². The molecular formula is C13H15N3O2S. The number of rotatable bonds is 5. The number of hydrogen-bond donors (Lipinski definition) is 1. The summed E-state index contributed by atoms with van der Waals surface area (Å²) < 4.78 is 0. The van der Waals surface area contributed by atoms with Gasteiger partial charge in [0, 0.05) is 37.3 Å². The number of pyridine rings is 1. The van der Waals surface area contributed by atoms with Crippen LogP contribution in [0.3, 0.4) is 0 Å². The molecule has 0 aliphatic heterocycles. The topological polar surface area (TPSA) is 66.3 Å². The summed E-state index contributed by atoms with van der Waals surface area (Å²) in [5.74, 6) is -0.265. The Morgan fingerprint density at radius 3 is 2.95 bits per heavy atom. The van der Waals surface area contributed by atoms with Gasteiger partial charge in [-0.2, -0.15) is 0 Å². The lowest BCUT2D eigenvalue weighted by Gasteiger charge is -2.20. The van der Waals surface area contributed by atoms with Gasteiger partial charge in [-0.15, -0.1) is 11.3 Å². The summed E-state index contributed by atoms with van der Waals surface area (Å²) in [6, 6.07) is 1.53. The molecule has 0 saturated heterocycles. The van der Waals surface area contributed by atoms with Gasteiger partial charge in [-0.25, -0.2) is 4.98 Å². The lowest BCUT2D eigenvalue weighted by Crippen LogP contribution is -2.32. The van der Waals surface area contributed by atoms with Crippen LogP contribution in [0.4, 0.5) is 0 Å². The van der Waals surface area contributed by atoms with E-state index < -0.39 is 0 Å². The van der Waals surface area contributed by atoms with Crippen molar-refractivity contribution < 1.29 is 9.90 Å². The second-order valence-corrected chi connectivity index (χ2v) is 4.93. The summed E-state index contributed by atoms with van der Waals surface area (Å²) in [6.45, 7) is 3.09. The van der Waals surface area contributed by atoms with Crippen molar-refractivity contribution in [2.75, 3.05) is 13.1 Å². The standard InChI is InChI=1S/C13H15N3O2S/c1-2-16(7-4-12-15-6-8-19-12)13(18)10-3-5-14-9-11(10)17/h3,5-6,8-9,17H,2,4,7H2,1H3. The third-order valence-corrected chi connectivity index (χ3v) is 3.62. The van der Waals surface area contributed by atoms with E-state index in [1.165, 1.54) is 18.5 Å². The van der Waals surface area contributed by atoms with E-state index >= 15 is 0 Å². The molecule has 2 rings (SSSR count). The fourth-order valence-electron chi connectivity index (χ4n) is 1.75. The number of aromatic nitrogens is 2. The smallest absolute Gasteiger partial charge is 0.257 e. The highest BCUT2D eigenvalue weighted by Gasteiger charge is 2.17. The maximum Gasteiger partial charge on any atom is 0.257 e. The zero-order chi connectivity index (χ0) is 13.7. The molecule has 0 fully saturated rings. The monoisotopic (exact) mass is 277 g/mol. The molecule has 100 valence electrons. The van der Waals surface area contributed by atoms with Gasteiger partial charge in [-0.3, -0.25) is 9.78 Å². The number of amides is 1. The molecule has 19 heavy (non-hydrogen) atoms. The Bertz CT molecular complexity index is 543. The summed E-state index contributed by atoms with van der Waals surface area (Å²) in [6.07, 6.45) is 5.26. The second kappa shape index (κ2) is 6.29. The van der Waals surface area contributed by atoms with Crippen molar-refractivity contribution in [1.82, 2.24) is 14.9 Å². The number of hydrogen-bond acceptors (Lipinski definition) is 5. The maximum absolute atomic E-state index is 12.3. The molecule has 0 aliphatic rings. The molecule has 1 N–H and O–H groups in total. The fraction of sp³-hybridized carbons (Fsp3) is 0.308. The highest BCUT2D eigenvalue weighted by atomic mass is 32.1. The first-order valence-electron chi connectivity index (χ1n) is 6.03.